The van der Waals surface area contributed by atoms with Crippen molar-refractivity contribution >= 4 is 5.69 Å². The Morgan fingerprint density at radius 3 is 2.67 bits per heavy atom. The van der Waals surface area contributed by atoms with Gasteiger partial charge in [-0.1, -0.05) is 18.2 Å². The summed E-state index contributed by atoms with van der Waals surface area (Å²) >= 11 is 0. The number of phenolic OH excluding ortho intramolecular Hbond substituents is 1. The molecule has 0 heterocycles. The number of alkyl halides is 2. The van der Waals surface area contributed by atoms with Gasteiger partial charge in [-0.2, -0.15) is 8.78 Å². The van der Waals surface area contributed by atoms with Crippen molar-refractivity contribution in [2.45, 2.75) is 20.1 Å². The largest absolute Gasteiger partial charge is 0.508 e. The molecule has 0 aliphatic heterocycles. The van der Waals surface area contributed by atoms with Gasteiger partial charge >= 0.3 is 6.61 Å². The van der Waals surface area contributed by atoms with Gasteiger partial charge in [0.1, 0.15) is 17.3 Å². The fraction of sp³-hybridized carbons (Fsp3) is 0.200. The number of aromatic hydroxyl groups is 1. The van der Waals surface area contributed by atoms with Gasteiger partial charge in [-0.05, 0) is 24.6 Å². The maximum Gasteiger partial charge on any atom is 0.387 e. The van der Waals surface area contributed by atoms with Crippen molar-refractivity contribution in [3.63, 3.8) is 0 Å². The Hall–Kier alpha value is -2.37. The highest BCUT2D eigenvalue weighted by Gasteiger charge is 2.12. The lowest BCUT2D eigenvalue weighted by molar-refractivity contribution is -0.0508. The smallest absolute Gasteiger partial charge is 0.387 e. The van der Waals surface area contributed by atoms with Crippen molar-refractivity contribution in [1.29, 1.82) is 0 Å². The van der Waals surface area contributed by atoms with Crippen LogP contribution < -0.4 is 10.1 Å². The van der Waals surface area contributed by atoms with Gasteiger partial charge in [0.05, 0.1) is 5.69 Å². The molecule has 112 valence electrons. The lowest BCUT2D eigenvalue weighted by Gasteiger charge is -2.14. The Morgan fingerprint density at radius 2 is 2.00 bits per heavy atom. The van der Waals surface area contributed by atoms with Gasteiger partial charge in [0, 0.05) is 18.2 Å². The van der Waals surface area contributed by atoms with Gasteiger partial charge in [-0.3, -0.25) is 0 Å². The molecule has 21 heavy (non-hydrogen) atoms. The van der Waals surface area contributed by atoms with E-state index in [9.17, 15) is 13.2 Å². The summed E-state index contributed by atoms with van der Waals surface area (Å²) in [6, 6.07) is 8.65. The van der Waals surface area contributed by atoms with Crippen LogP contribution in [-0.4, -0.2) is 11.7 Å². The van der Waals surface area contributed by atoms with Crippen LogP contribution in [0.2, 0.25) is 0 Å². The minimum Gasteiger partial charge on any atom is -0.508 e. The molecular weight excluding hydrogens is 283 g/mol. The number of rotatable bonds is 5. The first-order chi connectivity index (χ1) is 9.97. The molecule has 0 spiro atoms. The average molecular weight is 297 g/mol. The molecule has 6 heteroatoms. The Kier molecular flexibility index (Phi) is 4.57. The molecular formula is C15H14F3NO2. The minimum atomic E-state index is -2.92. The Labute approximate surface area is 120 Å². The number of hydrogen-bond acceptors (Lipinski definition) is 3. The van der Waals surface area contributed by atoms with Crippen LogP contribution in [-0.2, 0) is 6.54 Å². The normalized spacial score (nSPS) is 10.7. The van der Waals surface area contributed by atoms with Gasteiger partial charge in [-0.15, -0.1) is 0 Å². The average Bonchev–Trinajstić information content (AvgIpc) is 2.40. The molecule has 0 fully saturated rings. The SMILES string of the molecule is Cc1cccc(CNc2ccc(O)cc2F)c1OC(F)F. The monoisotopic (exact) mass is 297 g/mol. The third-order valence-electron chi connectivity index (χ3n) is 2.92. The van der Waals surface area contributed by atoms with E-state index in [4.69, 9.17) is 5.11 Å². The lowest BCUT2D eigenvalue weighted by atomic mass is 10.1. The highest BCUT2D eigenvalue weighted by molar-refractivity contribution is 5.50. The quantitative estimate of drug-likeness (QED) is 0.818. The Balaban J connectivity index is 2.18. The summed E-state index contributed by atoms with van der Waals surface area (Å²) in [4.78, 5) is 0. The molecule has 2 rings (SSSR count). The number of hydrogen-bond donors (Lipinski definition) is 2. The number of benzene rings is 2. The molecule has 2 aromatic carbocycles. The van der Waals surface area contributed by atoms with E-state index in [1.165, 1.54) is 12.1 Å². The van der Waals surface area contributed by atoms with E-state index in [0.29, 0.717) is 11.1 Å². The first kappa shape index (κ1) is 15.0. The van der Waals surface area contributed by atoms with E-state index in [2.05, 4.69) is 10.1 Å². The van der Waals surface area contributed by atoms with E-state index in [1.807, 2.05) is 0 Å². The van der Waals surface area contributed by atoms with Crippen LogP contribution in [0.15, 0.2) is 36.4 Å². The fourth-order valence-corrected chi connectivity index (χ4v) is 1.95. The van der Waals surface area contributed by atoms with Gasteiger partial charge in [0.2, 0.25) is 0 Å². The number of para-hydroxylation sites is 1. The van der Waals surface area contributed by atoms with Crippen LogP contribution in [0.25, 0.3) is 0 Å². The Morgan fingerprint density at radius 1 is 1.24 bits per heavy atom. The van der Waals surface area contributed by atoms with E-state index >= 15 is 0 Å². The molecule has 0 bridgehead atoms. The molecule has 0 unspecified atom stereocenters. The van der Waals surface area contributed by atoms with Gasteiger partial charge in [-0.25, -0.2) is 4.39 Å². The van der Waals surface area contributed by atoms with E-state index in [-0.39, 0.29) is 23.7 Å². The van der Waals surface area contributed by atoms with Crippen LogP contribution >= 0.6 is 0 Å². The predicted octanol–water partition coefficient (Wildman–Crippen LogP) is 4.05. The van der Waals surface area contributed by atoms with Crippen molar-refractivity contribution in [2.75, 3.05) is 5.32 Å². The van der Waals surface area contributed by atoms with Crippen LogP contribution in [0, 0.1) is 12.7 Å². The van der Waals surface area contributed by atoms with Crippen molar-refractivity contribution in [1.82, 2.24) is 0 Å². The predicted molar refractivity (Wildman–Crippen MR) is 73.2 cm³/mol. The van der Waals surface area contributed by atoms with Crippen LogP contribution in [0.1, 0.15) is 11.1 Å². The zero-order valence-corrected chi connectivity index (χ0v) is 11.2. The highest BCUT2D eigenvalue weighted by atomic mass is 19.3. The van der Waals surface area contributed by atoms with Gasteiger partial charge < -0.3 is 15.2 Å². The Bertz CT molecular complexity index is 632. The van der Waals surface area contributed by atoms with Crippen molar-refractivity contribution in [3.8, 4) is 11.5 Å². The summed E-state index contributed by atoms with van der Waals surface area (Å²) in [6.07, 6.45) is 0. The molecule has 0 aromatic heterocycles. The number of aryl methyl sites for hydroxylation is 1. The van der Waals surface area contributed by atoms with Crippen molar-refractivity contribution in [2.24, 2.45) is 0 Å². The molecule has 0 aliphatic carbocycles. The number of nitrogens with one attached hydrogen (secondary N) is 1. The third kappa shape index (κ3) is 3.81. The van der Waals surface area contributed by atoms with E-state index < -0.39 is 12.4 Å². The maximum atomic E-state index is 13.6. The first-order valence-corrected chi connectivity index (χ1v) is 6.23. The number of halogens is 3. The van der Waals surface area contributed by atoms with Gasteiger partial charge in [0.25, 0.3) is 0 Å². The second-order valence-corrected chi connectivity index (χ2v) is 4.46. The van der Waals surface area contributed by atoms with Crippen molar-refractivity contribution < 1.29 is 23.0 Å². The first-order valence-electron chi connectivity index (χ1n) is 6.23. The molecule has 0 saturated heterocycles. The van der Waals surface area contributed by atoms with Crippen LogP contribution in [0.4, 0.5) is 18.9 Å². The molecule has 0 saturated carbocycles. The van der Waals surface area contributed by atoms with E-state index in [1.54, 1.807) is 25.1 Å². The highest BCUT2D eigenvalue weighted by Crippen LogP contribution is 2.27. The molecule has 3 nitrogen and oxygen atoms in total. The summed E-state index contributed by atoms with van der Waals surface area (Å²) in [5, 5.41) is 11.9. The number of ether oxygens (including phenoxy) is 1. The minimum absolute atomic E-state index is 0.0826. The topological polar surface area (TPSA) is 41.5 Å². The molecule has 0 aliphatic rings. The molecule has 2 N–H and O–H groups in total. The summed E-state index contributed by atoms with van der Waals surface area (Å²) in [6.45, 7) is -1.15. The summed E-state index contributed by atoms with van der Waals surface area (Å²) in [5.41, 5.74) is 1.22. The number of phenols is 1. The zero-order chi connectivity index (χ0) is 15.4. The van der Waals surface area contributed by atoms with Gasteiger partial charge in [0.15, 0.2) is 0 Å². The van der Waals surface area contributed by atoms with Crippen LogP contribution in [0.5, 0.6) is 11.5 Å². The maximum absolute atomic E-state index is 13.6. The summed E-state index contributed by atoms with van der Waals surface area (Å²) < 4.78 is 42.9. The third-order valence-corrected chi connectivity index (χ3v) is 2.92. The fourth-order valence-electron chi connectivity index (χ4n) is 1.95. The molecule has 0 radical (unpaired) electrons. The standard InChI is InChI=1S/C15H14F3NO2/c1-9-3-2-4-10(14(9)21-15(17)18)8-19-13-6-5-11(20)7-12(13)16/h2-7,15,19-20H,8H2,1H3. The zero-order valence-electron chi connectivity index (χ0n) is 11.2. The van der Waals surface area contributed by atoms with E-state index in [0.717, 1.165) is 6.07 Å². The molecule has 0 amide bonds. The molecule has 0 atom stereocenters. The van der Waals surface area contributed by atoms with Crippen molar-refractivity contribution in [3.05, 3.63) is 53.3 Å². The number of anilines is 1. The lowest BCUT2D eigenvalue weighted by Crippen LogP contribution is -2.09. The van der Waals surface area contributed by atoms with Crippen LogP contribution in [0.3, 0.4) is 0 Å². The summed E-state index contributed by atoms with van der Waals surface area (Å²) in [5.74, 6) is -0.728. The second kappa shape index (κ2) is 6.39. The summed E-state index contributed by atoms with van der Waals surface area (Å²) in [7, 11) is 0. The second-order valence-electron chi connectivity index (χ2n) is 4.46. The molecule has 2 aromatic rings.